The van der Waals surface area contributed by atoms with E-state index in [1.165, 1.54) is 29.8 Å². The van der Waals surface area contributed by atoms with E-state index in [2.05, 4.69) is 36.2 Å². The van der Waals surface area contributed by atoms with E-state index in [1.807, 2.05) is 0 Å². The summed E-state index contributed by atoms with van der Waals surface area (Å²) in [5.74, 6) is 0.367. The zero-order valence-corrected chi connectivity index (χ0v) is 10.9. The maximum absolute atomic E-state index is 12.3. The predicted molar refractivity (Wildman–Crippen MR) is 73.7 cm³/mol. The fourth-order valence-electron chi connectivity index (χ4n) is 3.15. The fraction of sp³-hybridized carbons (Fsp3) is 0.438. The van der Waals surface area contributed by atoms with Gasteiger partial charge in [0.25, 0.3) is 0 Å². The van der Waals surface area contributed by atoms with E-state index >= 15 is 0 Å². The summed E-state index contributed by atoms with van der Waals surface area (Å²) in [6.45, 7) is 0. The number of aryl methyl sites for hydroxylation is 1. The minimum absolute atomic E-state index is 0.367. The molecule has 18 heavy (non-hydrogen) atoms. The van der Waals surface area contributed by atoms with Crippen molar-refractivity contribution in [1.82, 2.24) is 0 Å². The Balaban J connectivity index is 2.11. The van der Waals surface area contributed by atoms with Gasteiger partial charge in [-0.15, -0.1) is 0 Å². The number of fused-ring (bicyclic) bond motifs is 1. The smallest absolute Gasteiger partial charge is 0.160 e. The van der Waals surface area contributed by atoms with Gasteiger partial charge in [0.1, 0.15) is 0 Å². The van der Waals surface area contributed by atoms with E-state index in [-0.39, 0.29) is 0 Å². The van der Waals surface area contributed by atoms with Crippen molar-refractivity contribution in [3.63, 3.8) is 0 Å². The van der Waals surface area contributed by atoms with Crippen molar-refractivity contribution in [2.75, 3.05) is 11.9 Å². The molecule has 0 saturated heterocycles. The molecule has 1 aromatic carbocycles. The highest BCUT2D eigenvalue weighted by Crippen LogP contribution is 2.35. The van der Waals surface area contributed by atoms with Crippen molar-refractivity contribution in [2.45, 2.75) is 38.5 Å². The molecule has 3 rings (SSSR count). The second-order valence-corrected chi connectivity index (χ2v) is 5.24. The molecule has 0 amide bonds. The van der Waals surface area contributed by atoms with Crippen molar-refractivity contribution in [3.05, 3.63) is 41.1 Å². The third-order valence-corrected chi connectivity index (χ3v) is 4.15. The van der Waals surface area contributed by atoms with Crippen LogP contribution in [0, 0.1) is 0 Å². The van der Waals surface area contributed by atoms with E-state index in [0.29, 0.717) is 12.2 Å². The molecule has 0 bridgehead atoms. The van der Waals surface area contributed by atoms with Crippen LogP contribution in [0.4, 0.5) is 5.69 Å². The topological polar surface area (TPSA) is 20.3 Å². The van der Waals surface area contributed by atoms with Crippen LogP contribution in [0.15, 0.2) is 35.5 Å². The van der Waals surface area contributed by atoms with Gasteiger partial charge in [-0.1, -0.05) is 18.2 Å². The number of benzene rings is 1. The van der Waals surface area contributed by atoms with Crippen molar-refractivity contribution < 1.29 is 4.79 Å². The Morgan fingerprint density at radius 1 is 1.00 bits per heavy atom. The lowest BCUT2D eigenvalue weighted by Gasteiger charge is -2.32. The first-order chi connectivity index (χ1) is 8.77. The van der Waals surface area contributed by atoms with E-state index in [0.717, 1.165) is 24.8 Å². The second-order valence-electron chi connectivity index (χ2n) is 5.24. The third kappa shape index (κ3) is 1.86. The first-order valence-electron chi connectivity index (χ1n) is 6.84. The number of ketones is 1. The molecule has 94 valence electrons. The molecule has 0 radical (unpaired) electrons. The minimum Gasteiger partial charge on any atom is -0.348 e. The number of carbonyl (C=O) groups excluding carboxylic acids is 1. The number of Topliss-reactive ketones (excluding diaryl/α,β-unsaturated/α-hetero) is 1. The predicted octanol–water partition coefficient (Wildman–Crippen LogP) is 3.47. The highest BCUT2D eigenvalue weighted by molar-refractivity contribution is 5.97. The van der Waals surface area contributed by atoms with Crippen LogP contribution in [-0.2, 0) is 11.2 Å². The van der Waals surface area contributed by atoms with Gasteiger partial charge in [0.2, 0.25) is 0 Å². The lowest BCUT2D eigenvalue weighted by atomic mass is 9.88. The van der Waals surface area contributed by atoms with Crippen LogP contribution in [0.1, 0.15) is 37.7 Å². The van der Waals surface area contributed by atoms with Crippen molar-refractivity contribution >= 4 is 11.5 Å². The van der Waals surface area contributed by atoms with Crippen LogP contribution in [0.2, 0.25) is 0 Å². The maximum Gasteiger partial charge on any atom is 0.160 e. The molecule has 1 heterocycles. The average Bonchev–Trinajstić information content (AvgIpc) is 2.43. The quantitative estimate of drug-likeness (QED) is 0.693. The summed E-state index contributed by atoms with van der Waals surface area (Å²) in [6.07, 6.45) is 5.94. The number of nitrogens with zero attached hydrogens (tertiary/aromatic N) is 1. The van der Waals surface area contributed by atoms with E-state index < -0.39 is 0 Å². The number of hydrogen-bond donors (Lipinski definition) is 0. The van der Waals surface area contributed by atoms with Crippen LogP contribution in [-0.4, -0.2) is 12.8 Å². The fourth-order valence-corrected chi connectivity index (χ4v) is 3.15. The molecular formula is C16H19NO. The van der Waals surface area contributed by atoms with Gasteiger partial charge in [-0.3, -0.25) is 4.79 Å². The maximum atomic E-state index is 12.3. The van der Waals surface area contributed by atoms with Gasteiger partial charge in [0.05, 0.1) is 0 Å². The number of para-hydroxylation sites is 1. The number of carbonyl (C=O) groups is 1. The molecule has 1 aromatic rings. The van der Waals surface area contributed by atoms with Crippen molar-refractivity contribution in [1.29, 1.82) is 0 Å². The Kier molecular flexibility index (Phi) is 2.94. The van der Waals surface area contributed by atoms with Gasteiger partial charge in [0, 0.05) is 30.4 Å². The van der Waals surface area contributed by atoms with E-state index in [1.54, 1.807) is 0 Å². The molecule has 0 aromatic heterocycles. The van der Waals surface area contributed by atoms with Crippen LogP contribution in [0.5, 0.6) is 0 Å². The highest BCUT2D eigenvalue weighted by atomic mass is 16.1. The summed E-state index contributed by atoms with van der Waals surface area (Å²) in [7, 11) is 2.11. The largest absolute Gasteiger partial charge is 0.348 e. The molecule has 0 spiro atoms. The first kappa shape index (κ1) is 11.5. The minimum atomic E-state index is 0.367. The van der Waals surface area contributed by atoms with Crippen molar-refractivity contribution in [3.8, 4) is 0 Å². The number of allylic oxidation sites excluding steroid dienone is 2. The molecular weight excluding hydrogens is 222 g/mol. The summed E-state index contributed by atoms with van der Waals surface area (Å²) < 4.78 is 0. The monoisotopic (exact) mass is 241 g/mol. The molecule has 2 heteroatoms. The molecule has 1 aliphatic carbocycles. The summed E-state index contributed by atoms with van der Waals surface area (Å²) in [5.41, 5.74) is 4.93. The summed E-state index contributed by atoms with van der Waals surface area (Å²) in [5, 5.41) is 0. The number of rotatable bonds is 0. The van der Waals surface area contributed by atoms with Gasteiger partial charge in [-0.05, 0) is 43.7 Å². The molecule has 0 saturated carbocycles. The Morgan fingerprint density at radius 3 is 2.67 bits per heavy atom. The molecule has 1 aliphatic heterocycles. The Bertz CT molecular complexity index is 516. The van der Waals surface area contributed by atoms with E-state index in [9.17, 15) is 4.79 Å². The van der Waals surface area contributed by atoms with E-state index in [4.69, 9.17) is 0 Å². The van der Waals surface area contributed by atoms with Crippen molar-refractivity contribution in [2.24, 2.45) is 0 Å². The Labute approximate surface area is 108 Å². The van der Waals surface area contributed by atoms with Gasteiger partial charge in [0.15, 0.2) is 5.78 Å². The number of hydrogen-bond acceptors (Lipinski definition) is 2. The highest BCUT2D eigenvalue weighted by Gasteiger charge is 2.25. The summed E-state index contributed by atoms with van der Waals surface area (Å²) in [6, 6.07) is 8.47. The summed E-state index contributed by atoms with van der Waals surface area (Å²) in [4.78, 5) is 14.5. The van der Waals surface area contributed by atoms with Gasteiger partial charge in [-0.25, -0.2) is 0 Å². The zero-order valence-electron chi connectivity index (χ0n) is 10.9. The second kappa shape index (κ2) is 4.60. The number of anilines is 1. The molecule has 2 aliphatic rings. The Hall–Kier alpha value is -1.57. The third-order valence-electron chi connectivity index (χ3n) is 4.15. The normalized spacial score (nSPS) is 20.1. The van der Waals surface area contributed by atoms with Gasteiger partial charge in [-0.2, -0.15) is 0 Å². The van der Waals surface area contributed by atoms with Crippen LogP contribution >= 0.6 is 0 Å². The zero-order chi connectivity index (χ0) is 12.5. The molecule has 0 N–H and O–H groups in total. The average molecular weight is 241 g/mol. The molecule has 0 fully saturated rings. The lowest BCUT2D eigenvalue weighted by molar-refractivity contribution is -0.115. The standard InChI is InChI=1S/C16H19NO/c1-17-14-8-4-2-6-12(14)10-11-16(18)13-7-3-5-9-15(13)17/h2,4,6,8H,3,5,7,9-11H2,1H3. The summed E-state index contributed by atoms with van der Waals surface area (Å²) >= 11 is 0. The molecule has 2 nitrogen and oxygen atoms in total. The Morgan fingerprint density at radius 2 is 1.78 bits per heavy atom. The van der Waals surface area contributed by atoms with Crippen LogP contribution in [0.25, 0.3) is 0 Å². The SMILES string of the molecule is CN1C2=C(CCCC2)C(=O)CCc2ccccc21. The van der Waals surface area contributed by atoms with Gasteiger partial charge < -0.3 is 4.90 Å². The van der Waals surface area contributed by atoms with Crippen LogP contribution < -0.4 is 4.90 Å². The van der Waals surface area contributed by atoms with Crippen LogP contribution in [0.3, 0.4) is 0 Å². The first-order valence-corrected chi connectivity index (χ1v) is 6.84. The molecule has 0 unspecified atom stereocenters. The lowest BCUT2D eigenvalue weighted by Crippen LogP contribution is -2.26. The van der Waals surface area contributed by atoms with Gasteiger partial charge >= 0.3 is 0 Å². The molecule has 0 atom stereocenters.